The van der Waals surface area contributed by atoms with E-state index in [1.807, 2.05) is 0 Å². The molecule has 4 rings (SSSR count). The molecule has 1 aromatic carbocycles. The van der Waals surface area contributed by atoms with Crippen LogP contribution in [0.15, 0.2) is 46.0 Å². The first-order valence-electron chi connectivity index (χ1n) is 10.3. The number of esters is 1. The van der Waals surface area contributed by atoms with Gasteiger partial charge < -0.3 is 14.2 Å². The maximum Gasteiger partial charge on any atom is 0.309 e. The third-order valence-electron chi connectivity index (χ3n) is 5.29. The molecule has 0 spiro atoms. The van der Waals surface area contributed by atoms with Crippen molar-refractivity contribution in [1.29, 1.82) is 0 Å². The van der Waals surface area contributed by atoms with Gasteiger partial charge in [-0.05, 0) is 36.4 Å². The predicted molar refractivity (Wildman–Crippen MR) is 116 cm³/mol. The number of carbonyl (C=O) groups excluding carboxylic acids is 3. The molecule has 1 fully saturated rings. The van der Waals surface area contributed by atoms with Crippen molar-refractivity contribution >= 4 is 39.1 Å². The average Bonchev–Trinajstić information content (AvgIpc) is 3.38. The minimum atomic E-state index is -3.56. The fraction of sp³-hybridized carbons (Fsp3) is 0.381. The molecule has 2 aliphatic heterocycles. The van der Waals surface area contributed by atoms with Crippen molar-refractivity contribution in [2.75, 3.05) is 26.3 Å². The fourth-order valence-electron chi connectivity index (χ4n) is 3.53. The highest BCUT2D eigenvalue weighted by atomic mass is 32.2. The summed E-state index contributed by atoms with van der Waals surface area (Å²) in [6, 6.07) is 10.1. The van der Waals surface area contributed by atoms with E-state index in [1.165, 1.54) is 4.31 Å². The molecule has 0 radical (unpaired) electrons. The molecule has 176 valence electrons. The maximum atomic E-state index is 12.6. The second-order valence-electron chi connectivity index (χ2n) is 7.49. The Balaban J connectivity index is 1.20. The first-order valence-corrected chi connectivity index (χ1v) is 12.6. The lowest BCUT2D eigenvalue weighted by Gasteiger charge is -2.29. The van der Waals surface area contributed by atoms with Gasteiger partial charge in [0.15, 0.2) is 18.1 Å². The molecule has 3 heterocycles. The van der Waals surface area contributed by atoms with Crippen molar-refractivity contribution in [3.8, 4) is 11.5 Å². The van der Waals surface area contributed by atoms with Crippen LogP contribution in [0, 0.1) is 5.92 Å². The number of carbonyl (C=O) groups is 3. The molecule has 0 aliphatic carbocycles. The highest BCUT2D eigenvalue weighted by Crippen LogP contribution is 2.31. The monoisotopic (exact) mass is 494 g/mol. The first kappa shape index (κ1) is 23.2. The molecule has 2 aliphatic rings. The van der Waals surface area contributed by atoms with Crippen molar-refractivity contribution in [3.63, 3.8) is 0 Å². The number of amides is 2. The van der Waals surface area contributed by atoms with Crippen molar-refractivity contribution in [2.24, 2.45) is 5.92 Å². The van der Waals surface area contributed by atoms with E-state index >= 15 is 0 Å². The molecule has 0 unspecified atom stereocenters. The van der Waals surface area contributed by atoms with Crippen LogP contribution in [0.3, 0.4) is 0 Å². The SMILES string of the molecule is O=C(COC(=O)C1CCN(S(=O)(=O)c2cccs2)CC1)NC(=O)[C@@H]1COc2ccccc2O1. The summed E-state index contributed by atoms with van der Waals surface area (Å²) in [6.45, 7) is -0.304. The minimum absolute atomic E-state index is 0.0527. The van der Waals surface area contributed by atoms with Crippen LogP contribution in [0.25, 0.3) is 0 Å². The molecule has 10 nitrogen and oxygen atoms in total. The van der Waals surface area contributed by atoms with Gasteiger partial charge in [0, 0.05) is 13.1 Å². The highest BCUT2D eigenvalue weighted by Gasteiger charge is 2.34. The summed E-state index contributed by atoms with van der Waals surface area (Å²) < 4.78 is 42.7. The number of hydrogen-bond acceptors (Lipinski definition) is 9. The molecular formula is C21H22N2O8S2. The second-order valence-corrected chi connectivity index (χ2v) is 10.6. The summed E-state index contributed by atoms with van der Waals surface area (Å²) in [4.78, 5) is 36.6. The van der Waals surface area contributed by atoms with Crippen LogP contribution in [0.4, 0.5) is 0 Å². The van der Waals surface area contributed by atoms with Gasteiger partial charge in [0.2, 0.25) is 6.10 Å². The van der Waals surface area contributed by atoms with Crippen LogP contribution < -0.4 is 14.8 Å². The third kappa shape index (κ3) is 5.34. The Bertz CT molecular complexity index is 1120. The summed E-state index contributed by atoms with van der Waals surface area (Å²) in [6.07, 6.45) is -0.429. The number of nitrogens with one attached hydrogen (secondary N) is 1. The quantitative estimate of drug-likeness (QED) is 0.593. The Hall–Kier alpha value is -2.96. The second kappa shape index (κ2) is 9.89. The normalized spacial score (nSPS) is 19.0. The van der Waals surface area contributed by atoms with Gasteiger partial charge >= 0.3 is 5.97 Å². The minimum Gasteiger partial charge on any atom is -0.485 e. The Morgan fingerprint density at radius 1 is 1.09 bits per heavy atom. The van der Waals surface area contributed by atoms with Crippen LogP contribution in [0.2, 0.25) is 0 Å². The number of para-hydroxylation sites is 2. The molecule has 1 saturated heterocycles. The molecule has 1 atom stereocenters. The number of thiophene rings is 1. The lowest BCUT2D eigenvalue weighted by atomic mass is 9.98. The van der Waals surface area contributed by atoms with Crippen LogP contribution >= 0.6 is 11.3 Å². The number of benzene rings is 1. The first-order chi connectivity index (χ1) is 15.8. The third-order valence-corrected chi connectivity index (χ3v) is 8.56. The van der Waals surface area contributed by atoms with Gasteiger partial charge in [-0.2, -0.15) is 4.31 Å². The number of sulfonamides is 1. The standard InChI is InChI=1S/C21H22N2O8S2/c24-18(22-20(25)17-12-29-15-4-1-2-5-16(15)31-17)13-30-21(26)14-7-9-23(10-8-14)33(27,28)19-6-3-11-32-19/h1-6,11,14,17H,7-10,12-13H2,(H,22,24,25)/t17-/m0/s1. The fourth-order valence-corrected chi connectivity index (χ4v) is 6.14. The van der Waals surface area contributed by atoms with E-state index in [9.17, 15) is 22.8 Å². The molecule has 12 heteroatoms. The molecule has 1 aromatic heterocycles. The lowest BCUT2D eigenvalue weighted by Crippen LogP contribution is -2.47. The summed E-state index contributed by atoms with van der Waals surface area (Å²) >= 11 is 1.14. The van der Waals surface area contributed by atoms with Crippen LogP contribution in [-0.2, 0) is 29.1 Å². The zero-order valence-electron chi connectivity index (χ0n) is 17.5. The zero-order chi connectivity index (χ0) is 23.4. The van der Waals surface area contributed by atoms with Gasteiger partial charge in [0.1, 0.15) is 10.8 Å². The van der Waals surface area contributed by atoms with Gasteiger partial charge in [0.05, 0.1) is 5.92 Å². The van der Waals surface area contributed by atoms with Crippen molar-refractivity contribution in [3.05, 3.63) is 41.8 Å². The molecule has 1 N–H and O–H groups in total. The van der Waals surface area contributed by atoms with E-state index in [1.54, 1.807) is 41.8 Å². The van der Waals surface area contributed by atoms with E-state index in [-0.39, 0.29) is 36.7 Å². The van der Waals surface area contributed by atoms with Crippen molar-refractivity contribution < 1.29 is 37.0 Å². The van der Waals surface area contributed by atoms with Gasteiger partial charge in [-0.25, -0.2) is 8.42 Å². The largest absolute Gasteiger partial charge is 0.485 e. The van der Waals surface area contributed by atoms with Crippen LogP contribution in [0.5, 0.6) is 11.5 Å². The molecule has 33 heavy (non-hydrogen) atoms. The van der Waals surface area contributed by atoms with E-state index in [4.69, 9.17) is 14.2 Å². The van der Waals surface area contributed by atoms with Gasteiger partial charge in [-0.15, -0.1) is 11.3 Å². The predicted octanol–water partition coefficient (Wildman–Crippen LogP) is 1.17. The summed E-state index contributed by atoms with van der Waals surface area (Å²) in [5, 5.41) is 3.83. The van der Waals surface area contributed by atoms with Gasteiger partial charge in [-0.3, -0.25) is 19.7 Å². The number of hydrogen-bond donors (Lipinski definition) is 1. The highest BCUT2D eigenvalue weighted by molar-refractivity contribution is 7.91. The van der Waals surface area contributed by atoms with Gasteiger partial charge in [0.25, 0.3) is 21.8 Å². The molecule has 0 saturated carbocycles. The molecule has 0 bridgehead atoms. The Morgan fingerprint density at radius 2 is 1.82 bits per heavy atom. The molecular weight excluding hydrogens is 472 g/mol. The van der Waals surface area contributed by atoms with Crippen LogP contribution in [-0.4, -0.2) is 62.9 Å². The summed E-state index contributed by atoms with van der Waals surface area (Å²) in [7, 11) is -3.56. The van der Waals surface area contributed by atoms with Crippen LogP contribution in [0.1, 0.15) is 12.8 Å². The van der Waals surface area contributed by atoms with Gasteiger partial charge in [-0.1, -0.05) is 18.2 Å². The van der Waals surface area contributed by atoms with E-state index in [0.29, 0.717) is 11.5 Å². The number of nitrogens with zero attached hydrogens (tertiary/aromatic N) is 1. The smallest absolute Gasteiger partial charge is 0.309 e. The molecule has 2 amide bonds. The van der Waals surface area contributed by atoms with Crippen molar-refractivity contribution in [2.45, 2.75) is 23.2 Å². The number of fused-ring (bicyclic) bond motifs is 1. The zero-order valence-corrected chi connectivity index (χ0v) is 19.1. The number of piperidine rings is 1. The Labute approximate surface area is 194 Å². The number of imide groups is 1. The van der Waals surface area contributed by atoms with E-state index < -0.39 is 46.4 Å². The van der Waals surface area contributed by atoms with E-state index in [0.717, 1.165) is 11.3 Å². The Morgan fingerprint density at radius 3 is 2.52 bits per heavy atom. The number of rotatable bonds is 6. The molecule has 2 aromatic rings. The summed E-state index contributed by atoms with van der Waals surface area (Å²) in [5.74, 6) is -1.69. The topological polar surface area (TPSA) is 128 Å². The lowest BCUT2D eigenvalue weighted by molar-refractivity contribution is -0.155. The van der Waals surface area contributed by atoms with Crippen molar-refractivity contribution in [1.82, 2.24) is 9.62 Å². The summed E-state index contributed by atoms with van der Waals surface area (Å²) in [5.41, 5.74) is 0. The average molecular weight is 495 g/mol. The van der Waals surface area contributed by atoms with E-state index in [2.05, 4.69) is 5.32 Å². The number of ether oxygens (including phenoxy) is 3. The maximum absolute atomic E-state index is 12.6. The Kier molecular flexibility index (Phi) is 6.96.